The Hall–Kier alpha value is -1.46. The third-order valence-electron chi connectivity index (χ3n) is 3.07. The third-order valence-corrected chi connectivity index (χ3v) is 3.56. The van der Waals surface area contributed by atoms with Gasteiger partial charge in [-0.15, -0.1) is 0 Å². The number of ether oxygens (including phenoxy) is 1. The van der Waals surface area contributed by atoms with Gasteiger partial charge in [-0.3, -0.25) is 0 Å². The summed E-state index contributed by atoms with van der Waals surface area (Å²) in [5.41, 5.74) is 1.07. The minimum atomic E-state index is -0.415. The van der Waals surface area contributed by atoms with Crippen LogP contribution in [0.3, 0.4) is 0 Å². The minimum absolute atomic E-state index is 0.154. The van der Waals surface area contributed by atoms with Gasteiger partial charge in [-0.25, -0.2) is 9.37 Å². The zero-order valence-corrected chi connectivity index (χ0v) is 13.7. The molecule has 1 atom stereocenters. The average molecular weight is 353 g/mol. The van der Waals surface area contributed by atoms with Crippen LogP contribution in [0.25, 0.3) is 0 Å². The molecule has 2 rings (SSSR count). The second-order valence-corrected chi connectivity index (χ2v) is 5.70. The maximum atomic E-state index is 13.6. The van der Waals surface area contributed by atoms with Crippen LogP contribution in [0.1, 0.15) is 31.9 Å². The molecule has 0 aliphatic rings. The van der Waals surface area contributed by atoms with Crippen LogP contribution in [-0.2, 0) is 0 Å². The summed E-state index contributed by atoms with van der Waals surface area (Å²) in [7, 11) is 0. The van der Waals surface area contributed by atoms with E-state index in [1.165, 1.54) is 6.07 Å². The fraction of sp³-hybridized carbons (Fsp3) is 0.312. The number of benzene rings is 1. The molecule has 0 saturated heterocycles. The average Bonchev–Trinajstić information content (AvgIpc) is 2.49. The van der Waals surface area contributed by atoms with E-state index in [9.17, 15) is 4.39 Å². The predicted molar refractivity (Wildman–Crippen MR) is 85.1 cm³/mol. The maximum Gasteiger partial charge on any atom is 0.219 e. The van der Waals surface area contributed by atoms with Crippen LogP contribution in [0.4, 0.5) is 4.39 Å². The Bertz CT molecular complexity index is 589. The lowest BCUT2D eigenvalue weighted by atomic mass is 10.1. The van der Waals surface area contributed by atoms with Gasteiger partial charge in [-0.05, 0) is 43.7 Å². The summed E-state index contributed by atoms with van der Waals surface area (Å²) in [6, 6.07) is 8.47. The van der Waals surface area contributed by atoms with Crippen molar-refractivity contribution in [3.05, 3.63) is 52.4 Å². The van der Waals surface area contributed by atoms with Gasteiger partial charge >= 0.3 is 0 Å². The lowest BCUT2D eigenvalue weighted by Crippen LogP contribution is -2.19. The predicted octanol–water partition coefficient (Wildman–Crippen LogP) is 4.84. The van der Waals surface area contributed by atoms with Gasteiger partial charge in [0.15, 0.2) is 11.6 Å². The number of hydrogen-bond donors (Lipinski definition) is 1. The van der Waals surface area contributed by atoms with Crippen molar-refractivity contribution in [3.8, 4) is 11.6 Å². The maximum absolute atomic E-state index is 13.6. The summed E-state index contributed by atoms with van der Waals surface area (Å²) < 4.78 is 19.8. The Morgan fingerprint density at radius 1 is 1.33 bits per heavy atom. The summed E-state index contributed by atoms with van der Waals surface area (Å²) in [5, 5.41) is 3.39. The first kappa shape index (κ1) is 15.9. The van der Waals surface area contributed by atoms with Crippen molar-refractivity contribution in [2.75, 3.05) is 6.54 Å². The Morgan fingerprint density at radius 3 is 2.81 bits per heavy atom. The monoisotopic (exact) mass is 352 g/mol. The van der Waals surface area contributed by atoms with Crippen molar-refractivity contribution in [2.24, 2.45) is 0 Å². The van der Waals surface area contributed by atoms with Crippen LogP contribution >= 0.6 is 15.9 Å². The fourth-order valence-corrected chi connectivity index (χ4v) is 2.20. The van der Waals surface area contributed by atoms with Gasteiger partial charge in [0.2, 0.25) is 5.88 Å². The highest BCUT2D eigenvalue weighted by molar-refractivity contribution is 9.10. The van der Waals surface area contributed by atoms with Crippen molar-refractivity contribution < 1.29 is 9.13 Å². The van der Waals surface area contributed by atoms with Crippen molar-refractivity contribution in [2.45, 2.75) is 26.3 Å². The van der Waals surface area contributed by atoms with Gasteiger partial charge in [0.1, 0.15) is 0 Å². The van der Waals surface area contributed by atoms with Crippen LogP contribution < -0.4 is 10.1 Å². The molecule has 0 saturated carbocycles. The van der Waals surface area contributed by atoms with Crippen molar-refractivity contribution in [3.63, 3.8) is 0 Å². The fourth-order valence-electron chi connectivity index (χ4n) is 1.86. The lowest BCUT2D eigenvalue weighted by molar-refractivity contribution is 0.426. The molecule has 3 nitrogen and oxygen atoms in total. The van der Waals surface area contributed by atoms with E-state index in [-0.39, 0.29) is 11.8 Å². The quantitative estimate of drug-likeness (QED) is 0.807. The molecule has 0 fully saturated rings. The highest BCUT2D eigenvalue weighted by Gasteiger charge is 2.08. The van der Waals surface area contributed by atoms with Gasteiger partial charge in [0.25, 0.3) is 0 Å². The van der Waals surface area contributed by atoms with Gasteiger partial charge in [0, 0.05) is 22.8 Å². The highest BCUT2D eigenvalue weighted by atomic mass is 79.9. The SMILES string of the molecule is CCCNC(C)c1ccc(Oc2cc(Br)ccc2F)nc1. The van der Waals surface area contributed by atoms with Crippen LogP contribution in [0, 0.1) is 5.82 Å². The number of nitrogens with zero attached hydrogens (tertiary/aromatic N) is 1. The van der Waals surface area contributed by atoms with Gasteiger partial charge in [-0.1, -0.05) is 28.9 Å². The summed E-state index contributed by atoms with van der Waals surface area (Å²) in [6.45, 7) is 5.17. The molecule has 112 valence electrons. The van der Waals surface area contributed by atoms with E-state index in [0.717, 1.165) is 23.0 Å². The molecular weight excluding hydrogens is 335 g/mol. The Labute approximate surface area is 132 Å². The first-order valence-electron chi connectivity index (χ1n) is 6.92. The van der Waals surface area contributed by atoms with Gasteiger partial charge in [0.05, 0.1) is 0 Å². The molecule has 2 aromatic rings. The zero-order valence-electron chi connectivity index (χ0n) is 12.1. The van der Waals surface area contributed by atoms with E-state index in [2.05, 4.69) is 40.1 Å². The smallest absolute Gasteiger partial charge is 0.219 e. The normalized spacial score (nSPS) is 12.2. The molecule has 1 heterocycles. The molecule has 0 amide bonds. The summed E-state index contributed by atoms with van der Waals surface area (Å²) in [5.74, 6) is 0.113. The molecule has 0 spiro atoms. The highest BCUT2D eigenvalue weighted by Crippen LogP contribution is 2.26. The standard InChI is InChI=1S/C16H18BrFN2O/c1-3-8-19-11(2)12-4-7-16(20-10-12)21-15-9-13(17)5-6-14(15)18/h4-7,9-11,19H,3,8H2,1-2H3. The lowest BCUT2D eigenvalue weighted by Gasteiger charge is -2.13. The number of hydrogen-bond acceptors (Lipinski definition) is 3. The van der Waals surface area contributed by atoms with Crippen molar-refractivity contribution >= 4 is 15.9 Å². The molecule has 1 aromatic carbocycles. The molecule has 5 heteroatoms. The number of halogens is 2. The van der Waals surface area contributed by atoms with Crippen LogP contribution in [0.2, 0.25) is 0 Å². The third kappa shape index (κ3) is 4.51. The van der Waals surface area contributed by atoms with E-state index >= 15 is 0 Å². The number of pyridine rings is 1. The van der Waals surface area contributed by atoms with Crippen LogP contribution in [0.15, 0.2) is 41.0 Å². The molecule has 1 N–H and O–H groups in total. The first-order valence-corrected chi connectivity index (χ1v) is 7.71. The molecule has 21 heavy (non-hydrogen) atoms. The summed E-state index contributed by atoms with van der Waals surface area (Å²) in [4.78, 5) is 4.23. The number of nitrogens with one attached hydrogen (secondary N) is 1. The van der Waals surface area contributed by atoms with Crippen LogP contribution in [-0.4, -0.2) is 11.5 Å². The summed E-state index contributed by atoms with van der Waals surface area (Å²) in [6.07, 6.45) is 2.83. The van der Waals surface area contributed by atoms with E-state index in [1.807, 2.05) is 6.07 Å². The largest absolute Gasteiger partial charge is 0.436 e. The van der Waals surface area contributed by atoms with Crippen molar-refractivity contribution in [1.29, 1.82) is 0 Å². The molecule has 0 aliphatic carbocycles. The van der Waals surface area contributed by atoms with Crippen molar-refractivity contribution in [1.82, 2.24) is 10.3 Å². The molecular formula is C16H18BrFN2O. The Kier molecular flexibility index (Phi) is 5.70. The van der Waals surface area contributed by atoms with E-state index in [1.54, 1.807) is 24.4 Å². The first-order chi connectivity index (χ1) is 10.1. The molecule has 0 radical (unpaired) electrons. The van der Waals surface area contributed by atoms with Gasteiger partial charge < -0.3 is 10.1 Å². The van der Waals surface area contributed by atoms with E-state index < -0.39 is 5.82 Å². The summed E-state index contributed by atoms with van der Waals surface area (Å²) >= 11 is 3.29. The molecule has 0 aliphatic heterocycles. The van der Waals surface area contributed by atoms with Crippen LogP contribution in [0.5, 0.6) is 11.6 Å². The Morgan fingerprint density at radius 2 is 2.14 bits per heavy atom. The minimum Gasteiger partial charge on any atom is -0.436 e. The number of rotatable bonds is 6. The second-order valence-electron chi connectivity index (χ2n) is 4.78. The zero-order chi connectivity index (χ0) is 15.2. The second kappa shape index (κ2) is 7.52. The molecule has 0 bridgehead atoms. The molecule has 1 aromatic heterocycles. The van der Waals surface area contributed by atoms with Gasteiger partial charge in [-0.2, -0.15) is 0 Å². The van der Waals surface area contributed by atoms with E-state index in [0.29, 0.717) is 5.88 Å². The van der Waals surface area contributed by atoms with E-state index in [4.69, 9.17) is 4.74 Å². The number of aromatic nitrogens is 1. The molecule has 1 unspecified atom stereocenters. The Balaban J connectivity index is 2.07. The topological polar surface area (TPSA) is 34.1 Å².